The summed E-state index contributed by atoms with van der Waals surface area (Å²) in [6, 6.07) is 1.67. The molecule has 3 nitrogen and oxygen atoms in total. The summed E-state index contributed by atoms with van der Waals surface area (Å²) in [5.41, 5.74) is 0.593. The summed E-state index contributed by atoms with van der Waals surface area (Å²) in [6.07, 6.45) is 2.39. The second-order valence-corrected chi connectivity index (χ2v) is 3.71. The standard InChI is InChI=1S/C12H19FN2O/c1-4-9(3)16-12-11(13)10(6-7-15-12)8-14-5-2/h6-7,9,14H,4-5,8H2,1-3H3. The van der Waals surface area contributed by atoms with Crippen LogP contribution < -0.4 is 10.1 Å². The minimum Gasteiger partial charge on any atom is -0.473 e. The molecule has 0 fully saturated rings. The molecule has 0 aromatic carbocycles. The molecule has 0 aliphatic rings. The number of aromatic nitrogens is 1. The minimum atomic E-state index is -0.358. The number of nitrogens with zero attached hydrogens (tertiary/aromatic N) is 1. The van der Waals surface area contributed by atoms with Crippen molar-refractivity contribution in [1.82, 2.24) is 10.3 Å². The smallest absolute Gasteiger partial charge is 0.250 e. The molecule has 0 bridgehead atoms. The normalized spacial score (nSPS) is 12.5. The van der Waals surface area contributed by atoms with Crippen molar-refractivity contribution in [3.8, 4) is 5.88 Å². The molecule has 4 heteroatoms. The van der Waals surface area contributed by atoms with E-state index < -0.39 is 0 Å². The van der Waals surface area contributed by atoms with Crippen LogP contribution in [0.4, 0.5) is 4.39 Å². The van der Waals surface area contributed by atoms with Crippen molar-refractivity contribution in [2.24, 2.45) is 0 Å². The van der Waals surface area contributed by atoms with Crippen LogP contribution in [-0.2, 0) is 6.54 Å². The Morgan fingerprint density at radius 2 is 2.25 bits per heavy atom. The first-order chi connectivity index (χ1) is 7.69. The first-order valence-electron chi connectivity index (χ1n) is 5.69. The van der Waals surface area contributed by atoms with Gasteiger partial charge < -0.3 is 10.1 Å². The van der Waals surface area contributed by atoms with E-state index in [4.69, 9.17) is 4.74 Å². The largest absolute Gasteiger partial charge is 0.473 e. The zero-order valence-corrected chi connectivity index (χ0v) is 10.1. The Kier molecular flexibility index (Phi) is 5.19. The van der Waals surface area contributed by atoms with Gasteiger partial charge in [-0.25, -0.2) is 9.37 Å². The molecule has 1 atom stereocenters. The number of hydrogen-bond donors (Lipinski definition) is 1. The molecule has 90 valence electrons. The van der Waals surface area contributed by atoms with Crippen molar-refractivity contribution in [3.63, 3.8) is 0 Å². The number of rotatable bonds is 6. The molecule has 0 aliphatic heterocycles. The maximum atomic E-state index is 13.9. The zero-order valence-electron chi connectivity index (χ0n) is 10.1. The van der Waals surface area contributed by atoms with Crippen LogP contribution in [0, 0.1) is 5.82 Å². The van der Waals surface area contributed by atoms with Gasteiger partial charge in [0.25, 0.3) is 5.88 Å². The van der Waals surface area contributed by atoms with Crippen LogP contribution in [0.2, 0.25) is 0 Å². The van der Waals surface area contributed by atoms with Gasteiger partial charge in [0.05, 0.1) is 6.10 Å². The van der Waals surface area contributed by atoms with E-state index in [0.29, 0.717) is 12.1 Å². The fraction of sp³-hybridized carbons (Fsp3) is 0.583. The van der Waals surface area contributed by atoms with Crippen molar-refractivity contribution in [2.45, 2.75) is 39.8 Å². The van der Waals surface area contributed by atoms with Gasteiger partial charge in [0, 0.05) is 18.3 Å². The molecule has 0 amide bonds. The van der Waals surface area contributed by atoms with Crippen molar-refractivity contribution in [3.05, 3.63) is 23.6 Å². The topological polar surface area (TPSA) is 34.2 Å². The summed E-state index contributed by atoms with van der Waals surface area (Å²) < 4.78 is 19.3. The monoisotopic (exact) mass is 226 g/mol. The van der Waals surface area contributed by atoms with Gasteiger partial charge in [-0.05, 0) is 26.0 Å². The van der Waals surface area contributed by atoms with Gasteiger partial charge in [-0.3, -0.25) is 0 Å². The molecule has 1 rings (SSSR count). The van der Waals surface area contributed by atoms with Crippen molar-refractivity contribution in [2.75, 3.05) is 6.54 Å². The highest BCUT2D eigenvalue weighted by Crippen LogP contribution is 2.18. The van der Waals surface area contributed by atoms with Gasteiger partial charge in [-0.2, -0.15) is 0 Å². The van der Waals surface area contributed by atoms with Crippen LogP contribution in [0.1, 0.15) is 32.8 Å². The predicted molar refractivity (Wildman–Crippen MR) is 62.0 cm³/mol. The number of ether oxygens (including phenoxy) is 1. The van der Waals surface area contributed by atoms with Crippen molar-refractivity contribution in [1.29, 1.82) is 0 Å². The third-order valence-electron chi connectivity index (χ3n) is 2.39. The van der Waals surface area contributed by atoms with Gasteiger partial charge >= 0.3 is 0 Å². The van der Waals surface area contributed by atoms with Crippen LogP contribution in [0.3, 0.4) is 0 Å². The fourth-order valence-corrected chi connectivity index (χ4v) is 1.21. The Hall–Kier alpha value is -1.16. The molecule has 1 aromatic heterocycles. The molecule has 0 saturated carbocycles. The molecular weight excluding hydrogens is 207 g/mol. The van der Waals surface area contributed by atoms with Gasteiger partial charge in [-0.1, -0.05) is 13.8 Å². The highest BCUT2D eigenvalue weighted by atomic mass is 19.1. The van der Waals surface area contributed by atoms with E-state index in [1.54, 1.807) is 12.3 Å². The maximum absolute atomic E-state index is 13.9. The number of hydrogen-bond acceptors (Lipinski definition) is 3. The van der Waals surface area contributed by atoms with Crippen LogP contribution in [0.5, 0.6) is 5.88 Å². The SMILES string of the molecule is CCNCc1ccnc(OC(C)CC)c1F. The van der Waals surface area contributed by atoms with Gasteiger partial charge in [-0.15, -0.1) is 0 Å². The molecule has 0 saturated heterocycles. The second kappa shape index (κ2) is 6.43. The van der Waals surface area contributed by atoms with E-state index in [1.807, 2.05) is 20.8 Å². The Morgan fingerprint density at radius 3 is 2.88 bits per heavy atom. The van der Waals surface area contributed by atoms with E-state index in [2.05, 4.69) is 10.3 Å². The summed E-state index contributed by atoms with van der Waals surface area (Å²) in [4.78, 5) is 3.91. The first-order valence-corrected chi connectivity index (χ1v) is 5.69. The Labute approximate surface area is 96.0 Å². The molecule has 1 heterocycles. The molecule has 0 radical (unpaired) electrons. The maximum Gasteiger partial charge on any atom is 0.250 e. The zero-order chi connectivity index (χ0) is 12.0. The Morgan fingerprint density at radius 1 is 1.50 bits per heavy atom. The minimum absolute atomic E-state index is 0.0172. The quantitative estimate of drug-likeness (QED) is 0.809. The fourth-order valence-electron chi connectivity index (χ4n) is 1.21. The number of halogens is 1. The first kappa shape index (κ1) is 12.9. The van der Waals surface area contributed by atoms with Gasteiger partial charge in [0.2, 0.25) is 0 Å². The number of nitrogens with one attached hydrogen (secondary N) is 1. The summed E-state index contributed by atoms with van der Waals surface area (Å²) in [7, 11) is 0. The number of pyridine rings is 1. The molecule has 0 aliphatic carbocycles. The average molecular weight is 226 g/mol. The van der Waals surface area contributed by atoms with E-state index in [0.717, 1.165) is 13.0 Å². The Bertz CT molecular complexity index is 331. The van der Waals surface area contributed by atoms with Crippen LogP contribution >= 0.6 is 0 Å². The lowest BCUT2D eigenvalue weighted by molar-refractivity contribution is 0.197. The van der Waals surface area contributed by atoms with E-state index >= 15 is 0 Å². The third kappa shape index (κ3) is 3.45. The summed E-state index contributed by atoms with van der Waals surface area (Å²) in [5.74, 6) is -0.256. The lowest BCUT2D eigenvalue weighted by atomic mass is 10.2. The van der Waals surface area contributed by atoms with Crippen LogP contribution in [0.25, 0.3) is 0 Å². The highest BCUT2D eigenvalue weighted by Gasteiger charge is 2.12. The Balaban J connectivity index is 2.77. The molecule has 0 spiro atoms. The van der Waals surface area contributed by atoms with Crippen LogP contribution in [0.15, 0.2) is 12.3 Å². The van der Waals surface area contributed by atoms with Crippen molar-refractivity contribution < 1.29 is 9.13 Å². The van der Waals surface area contributed by atoms with E-state index in [1.165, 1.54) is 0 Å². The lowest BCUT2D eigenvalue weighted by Gasteiger charge is -2.13. The highest BCUT2D eigenvalue weighted by molar-refractivity contribution is 5.23. The van der Waals surface area contributed by atoms with Crippen molar-refractivity contribution >= 4 is 0 Å². The molecule has 1 N–H and O–H groups in total. The van der Waals surface area contributed by atoms with Gasteiger partial charge in [0.15, 0.2) is 5.82 Å². The summed E-state index contributed by atoms with van der Waals surface area (Å²) in [5, 5.41) is 3.08. The second-order valence-electron chi connectivity index (χ2n) is 3.71. The molecule has 1 unspecified atom stereocenters. The van der Waals surface area contributed by atoms with Gasteiger partial charge in [0.1, 0.15) is 0 Å². The van der Waals surface area contributed by atoms with E-state index in [-0.39, 0.29) is 17.8 Å². The summed E-state index contributed by atoms with van der Waals surface area (Å²) in [6.45, 7) is 7.18. The third-order valence-corrected chi connectivity index (χ3v) is 2.39. The van der Waals surface area contributed by atoms with Crippen LogP contribution in [-0.4, -0.2) is 17.6 Å². The predicted octanol–water partition coefficient (Wildman–Crippen LogP) is 2.51. The molecular formula is C12H19FN2O. The molecule has 1 aromatic rings. The van der Waals surface area contributed by atoms with E-state index in [9.17, 15) is 4.39 Å². The lowest BCUT2D eigenvalue weighted by Crippen LogP contribution is -2.16. The molecule has 16 heavy (non-hydrogen) atoms. The average Bonchev–Trinajstić information content (AvgIpc) is 2.30. The summed E-state index contributed by atoms with van der Waals surface area (Å²) >= 11 is 0.